The maximum absolute atomic E-state index is 6.39. The summed E-state index contributed by atoms with van der Waals surface area (Å²) in [6.45, 7) is 2.53. The van der Waals surface area contributed by atoms with Crippen molar-refractivity contribution in [3.8, 4) is 11.5 Å². The van der Waals surface area contributed by atoms with E-state index in [0.29, 0.717) is 35.0 Å². The maximum atomic E-state index is 6.39. The van der Waals surface area contributed by atoms with Gasteiger partial charge in [0.2, 0.25) is 0 Å². The van der Waals surface area contributed by atoms with Gasteiger partial charge < -0.3 is 14.8 Å². The van der Waals surface area contributed by atoms with Crippen LogP contribution in [0, 0.1) is 12.8 Å². The Morgan fingerprint density at radius 3 is 2.61 bits per heavy atom. The van der Waals surface area contributed by atoms with E-state index < -0.39 is 0 Å². The van der Waals surface area contributed by atoms with E-state index in [1.165, 1.54) is 11.3 Å². The molecule has 1 aliphatic heterocycles. The summed E-state index contributed by atoms with van der Waals surface area (Å²) in [4.78, 5) is 0. The molecule has 3 aromatic carbocycles. The highest BCUT2D eigenvalue weighted by Crippen LogP contribution is 2.52. The van der Waals surface area contributed by atoms with Crippen molar-refractivity contribution >= 4 is 44.8 Å². The van der Waals surface area contributed by atoms with Crippen LogP contribution >= 0.6 is 39.1 Å². The molecule has 3 nitrogen and oxygen atoms in total. The molecule has 1 N–H and O–H groups in total. The summed E-state index contributed by atoms with van der Waals surface area (Å²) in [6.07, 6.45) is 5.62. The van der Waals surface area contributed by atoms with E-state index in [2.05, 4.69) is 58.5 Å². The minimum absolute atomic E-state index is 0.146. The first-order valence-corrected chi connectivity index (χ1v) is 12.5. The number of allylic oxidation sites excluding steroid dienone is 2. The topological polar surface area (TPSA) is 30.5 Å². The Hall–Kier alpha value is -2.14. The van der Waals surface area contributed by atoms with Crippen LogP contribution in [0.5, 0.6) is 11.5 Å². The molecule has 3 atom stereocenters. The first-order valence-electron chi connectivity index (χ1n) is 10.9. The highest BCUT2D eigenvalue weighted by Gasteiger charge is 2.39. The molecule has 0 spiro atoms. The first-order chi connectivity index (χ1) is 15.9. The third-order valence-corrected chi connectivity index (χ3v) is 7.60. The number of ether oxygens (including phenoxy) is 2. The minimum atomic E-state index is 0.146. The zero-order chi connectivity index (χ0) is 23.1. The fourth-order valence-electron chi connectivity index (χ4n) is 4.97. The van der Waals surface area contributed by atoms with Gasteiger partial charge in [-0.2, -0.15) is 0 Å². The summed E-state index contributed by atoms with van der Waals surface area (Å²) in [5.41, 5.74) is 5.82. The number of halogens is 3. The molecule has 1 aliphatic carbocycles. The van der Waals surface area contributed by atoms with E-state index in [4.69, 9.17) is 32.7 Å². The van der Waals surface area contributed by atoms with Crippen LogP contribution < -0.4 is 14.8 Å². The average molecular weight is 545 g/mol. The van der Waals surface area contributed by atoms with Gasteiger partial charge in [0.15, 0.2) is 11.5 Å². The molecule has 6 heteroatoms. The quantitative estimate of drug-likeness (QED) is 0.327. The van der Waals surface area contributed by atoms with E-state index in [-0.39, 0.29) is 6.04 Å². The molecule has 170 valence electrons. The van der Waals surface area contributed by atoms with Crippen LogP contribution in [0.3, 0.4) is 0 Å². The number of hydrogen-bond donors (Lipinski definition) is 1. The van der Waals surface area contributed by atoms with Crippen LogP contribution in [0.1, 0.15) is 40.6 Å². The van der Waals surface area contributed by atoms with Gasteiger partial charge in [0.25, 0.3) is 0 Å². The molecule has 0 saturated heterocycles. The van der Waals surface area contributed by atoms with Gasteiger partial charge in [-0.05, 0) is 93.8 Å². The number of rotatable bonds is 5. The molecule has 5 rings (SSSR count). The van der Waals surface area contributed by atoms with Gasteiger partial charge in [0, 0.05) is 21.7 Å². The molecule has 33 heavy (non-hydrogen) atoms. The van der Waals surface area contributed by atoms with Crippen molar-refractivity contribution in [3.05, 3.63) is 97.5 Å². The predicted molar refractivity (Wildman–Crippen MR) is 139 cm³/mol. The lowest BCUT2D eigenvalue weighted by molar-refractivity contribution is 0.282. The van der Waals surface area contributed by atoms with Gasteiger partial charge in [0.1, 0.15) is 6.61 Å². The molecule has 0 saturated carbocycles. The van der Waals surface area contributed by atoms with Crippen LogP contribution in [0.15, 0.2) is 65.2 Å². The van der Waals surface area contributed by atoms with Gasteiger partial charge in [0.05, 0.1) is 17.6 Å². The molecule has 0 radical (unpaired) electrons. The number of hydrogen-bond acceptors (Lipinski definition) is 3. The second kappa shape index (κ2) is 9.25. The molecule has 0 aromatic heterocycles. The smallest absolute Gasteiger partial charge is 0.175 e. The summed E-state index contributed by atoms with van der Waals surface area (Å²) in [5, 5.41) is 5.31. The number of fused-ring (bicyclic) bond motifs is 3. The van der Waals surface area contributed by atoms with E-state index in [1.54, 1.807) is 7.11 Å². The van der Waals surface area contributed by atoms with Crippen molar-refractivity contribution in [3.63, 3.8) is 0 Å². The van der Waals surface area contributed by atoms with Crippen LogP contribution in [0.2, 0.25) is 10.0 Å². The Morgan fingerprint density at radius 2 is 1.85 bits per heavy atom. The molecule has 0 fully saturated rings. The van der Waals surface area contributed by atoms with Crippen LogP contribution in [-0.4, -0.2) is 7.11 Å². The lowest BCUT2D eigenvalue weighted by atomic mass is 9.76. The predicted octanol–water partition coefficient (Wildman–Crippen LogP) is 8.48. The van der Waals surface area contributed by atoms with Crippen molar-refractivity contribution in [1.82, 2.24) is 0 Å². The van der Waals surface area contributed by atoms with Gasteiger partial charge in [-0.15, -0.1) is 0 Å². The van der Waals surface area contributed by atoms with Crippen molar-refractivity contribution in [2.75, 3.05) is 12.4 Å². The Balaban J connectivity index is 1.47. The highest BCUT2D eigenvalue weighted by atomic mass is 79.9. The number of aryl methyl sites for hydroxylation is 1. The fourth-order valence-corrected chi connectivity index (χ4v) is 5.95. The summed E-state index contributed by atoms with van der Waals surface area (Å²) in [6, 6.07) is 16.2. The lowest BCUT2D eigenvalue weighted by Gasteiger charge is -2.38. The normalized spacial score (nSPS) is 20.7. The van der Waals surface area contributed by atoms with Crippen LogP contribution in [0.4, 0.5) is 5.69 Å². The Bertz CT molecular complexity index is 1230. The Morgan fingerprint density at radius 1 is 1.06 bits per heavy atom. The lowest BCUT2D eigenvalue weighted by Crippen LogP contribution is -2.29. The van der Waals surface area contributed by atoms with Gasteiger partial charge in [-0.3, -0.25) is 0 Å². The summed E-state index contributed by atoms with van der Waals surface area (Å²) in [5.74, 6) is 2.15. The van der Waals surface area contributed by atoms with Gasteiger partial charge in [-0.25, -0.2) is 0 Å². The number of methoxy groups -OCH3 is 1. The maximum Gasteiger partial charge on any atom is 0.175 e. The molecule has 2 aliphatic rings. The standard InChI is InChI=1S/C27H24BrCl2NO2/c1-15-10-19(30)13-22-20-4-3-5-21(20)26(31-25(15)22)17-11-23(28)27(24(12-17)32-2)33-14-16-6-8-18(29)9-7-16/h3-4,6-13,20-21,26,31H,5,14H2,1-2H3/t20-,21+,26+/m1/s1. The molecule has 0 unspecified atom stereocenters. The molecule has 0 bridgehead atoms. The molecular weight excluding hydrogens is 521 g/mol. The summed E-state index contributed by atoms with van der Waals surface area (Å²) in [7, 11) is 1.68. The zero-order valence-corrected chi connectivity index (χ0v) is 21.5. The summed E-state index contributed by atoms with van der Waals surface area (Å²) >= 11 is 16.1. The molecular formula is C27H24BrCl2NO2. The van der Waals surface area contributed by atoms with Crippen LogP contribution in [0.25, 0.3) is 0 Å². The Kier molecular flexibility index (Phi) is 6.34. The van der Waals surface area contributed by atoms with Gasteiger partial charge in [-0.1, -0.05) is 47.5 Å². The highest BCUT2D eigenvalue weighted by molar-refractivity contribution is 9.10. The van der Waals surface area contributed by atoms with Crippen molar-refractivity contribution in [1.29, 1.82) is 0 Å². The second-order valence-electron chi connectivity index (χ2n) is 8.61. The van der Waals surface area contributed by atoms with E-state index in [0.717, 1.165) is 32.6 Å². The third-order valence-electron chi connectivity index (χ3n) is 6.54. The zero-order valence-electron chi connectivity index (χ0n) is 18.4. The minimum Gasteiger partial charge on any atom is -0.493 e. The van der Waals surface area contributed by atoms with E-state index >= 15 is 0 Å². The molecule has 0 amide bonds. The number of benzene rings is 3. The summed E-state index contributed by atoms with van der Waals surface area (Å²) < 4.78 is 12.8. The van der Waals surface area contributed by atoms with Crippen LogP contribution in [-0.2, 0) is 6.61 Å². The fraction of sp³-hybridized carbons (Fsp3) is 0.259. The largest absolute Gasteiger partial charge is 0.493 e. The van der Waals surface area contributed by atoms with E-state index in [1.807, 2.05) is 30.3 Å². The third kappa shape index (κ3) is 4.37. The number of anilines is 1. The van der Waals surface area contributed by atoms with Crippen molar-refractivity contribution in [2.45, 2.75) is 31.9 Å². The van der Waals surface area contributed by atoms with Gasteiger partial charge >= 0.3 is 0 Å². The van der Waals surface area contributed by atoms with Crippen molar-refractivity contribution < 1.29 is 9.47 Å². The second-order valence-corrected chi connectivity index (χ2v) is 10.3. The van der Waals surface area contributed by atoms with Crippen molar-refractivity contribution in [2.24, 2.45) is 5.92 Å². The Labute approximate surface area is 212 Å². The SMILES string of the molecule is COc1cc([C@@H]2Nc3c(C)cc(Cl)cc3[C@@H]3C=CC[C@@H]32)cc(Br)c1OCc1ccc(Cl)cc1. The number of nitrogens with one attached hydrogen (secondary N) is 1. The first kappa shape index (κ1) is 22.6. The van der Waals surface area contributed by atoms with E-state index in [9.17, 15) is 0 Å². The average Bonchev–Trinajstić information content (AvgIpc) is 3.29. The molecule has 3 aromatic rings. The molecule has 1 heterocycles. The monoisotopic (exact) mass is 543 g/mol.